The van der Waals surface area contributed by atoms with Crippen LogP contribution in [-0.2, 0) is 4.79 Å². The van der Waals surface area contributed by atoms with Gasteiger partial charge in [-0.25, -0.2) is 0 Å². The molecule has 4 rings (SSSR count). The van der Waals surface area contributed by atoms with Gasteiger partial charge in [0.2, 0.25) is 5.91 Å². The molecular weight excluding hydrogens is 266 g/mol. The van der Waals surface area contributed by atoms with Gasteiger partial charge in [-0.15, -0.1) is 0 Å². The van der Waals surface area contributed by atoms with Gasteiger partial charge in [0.1, 0.15) is 5.75 Å². The number of amides is 1. The Balaban J connectivity index is 1.48. The summed E-state index contributed by atoms with van der Waals surface area (Å²) in [7, 11) is 1.62. The Morgan fingerprint density at radius 2 is 2.19 bits per heavy atom. The van der Waals surface area contributed by atoms with Crippen LogP contribution >= 0.6 is 0 Å². The molecule has 3 fully saturated rings. The normalized spacial score (nSPS) is 27.4. The molecule has 1 aromatic carbocycles. The van der Waals surface area contributed by atoms with Crippen molar-refractivity contribution < 1.29 is 9.53 Å². The fourth-order valence-corrected chi connectivity index (χ4v) is 3.33. The van der Waals surface area contributed by atoms with E-state index in [1.807, 2.05) is 24.3 Å². The van der Waals surface area contributed by atoms with E-state index in [1.165, 1.54) is 25.9 Å². The summed E-state index contributed by atoms with van der Waals surface area (Å²) in [5.41, 5.74) is 0.773. The number of anilines is 1. The number of benzene rings is 1. The van der Waals surface area contributed by atoms with Gasteiger partial charge in [-0.1, -0.05) is 6.07 Å². The maximum Gasteiger partial charge on any atom is 0.238 e. The number of hydrogen-bond acceptors (Lipinski definition) is 4. The SMILES string of the molecule is COc1cccc(NC(=O)CNC2CN3CCC2CC3)c1. The van der Waals surface area contributed by atoms with Gasteiger partial charge in [0.05, 0.1) is 13.7 Å². The number of carbonyl (C=O) groups is 1. The van der Waals surface area contributed by atoms with Crippen LogP contribution in [0.5, 0.6) is 5.75 Å². The molecule has 5 heteroatoms. The molecule has 0 radical (unpaired) electrons. The second kappa shape index (κ2) is 6.45. The maximum absolute atomic E-state index is 12.0. The minimum atomic E-state index is -0.000278. The van der Waals surface area contributed by atoms with Gasteiger partial charge in [-0.3, -0.25) is 4.79 Å². The monoisotopic (exact) mass is 289 g/mol. The average Bonchev–Trinajstić information content (AvgIpc) is 2.54. The number of nitrogens with one attached hydrogen (secondary N) is 2. The Labute approximate surface area is 125 Å². The lowest BCUT2D eigenvalue weighted by molar-refractivity contribution is -0.115. The summed E-state index contributed by atoms with van der Waals surface area (Å²) in [6.07, 6.45) is 2.52. The first-order valence-corrected chi connectivity index (χ1v) is 7.64. The number of methoxy groups -OCH3 is 1. The lowest BCUT2D eigenvalue weighted by atomic mass is 9.84. The van der Waals surface area contributed by atoms with Crippen LogP contribution in [0.1, 0.15) is 12.8 Å². The van der Waals surface area contributed by atoms with E-state index in [2.05, 4.69) is 15.5 Å². The number of carbonyl (C=O) groups excluding carboxylic acids is 1. The van der Waals surface area contributed by atoms with Crippen LogP contribution in [0.2, 0.25) is 0 Å². The van der Waals surface area contributed by atoms with Crippen LogP contribution in [0.25, 0.3) is 0 Å². The van der Waals surface area contributed by atoms with Crippen molar-refractivity contribution in [1.82, 2.24) is 10.2 Å². The molecule has 21 heavy (non-hydrogen) atoms. The molecule has 1 atom stereocenters. The molecule has 0 saturated carbocycles. The van der Waals surface area contributed by atoms with Crippen molar-refractivity contribution in [2.45, 2.75) is 18.9 Å². The summed E-state index contributed by atoms with van der Waals surface area (Å²) in [5.74, 6) is 1.48. The van der Waals surface area contributed by atoms with Crippen LogP contribution in [-0.4, -0.2) is 50.1 Å². The predicted molar refractivity (Wildman–Crippen MR) is 82.6 cm³/mol. The molecule has 114 valence electrons. The lowest BCUT2D eigenvalue weighted by Crippen LogP contribution is -2.57. The van der Waals surface area contributed by atoms with Crippen molar-refractivity contribution in [3.8, 4) is 5.75 Å². The van der Waals surface area contributed by atoms with Crippen LogP contribution in [0.4, 0.5) is 5.69 Å². The predicted octanol–water partition coefficient (Wildman–Crippen LogP) is 1.32. The first-order chi connectivity index (χ1) is 10.2. The fourth-order valence-electron chi connectivity index (χ4n) is 3.33. The van der Waals surface area contributed by atoms with Gasteiger partial charge in [0.25, 0.3) is 0 Å². The van der Waals surface area contributed by atoms with E-state index in [9.17, 15) is 4.79 Å². The topological polar surface area (TPSA) is 53.6 Å². The minimum absolute atomic E-state index is 0.000278. The summed E-state index contributed by atoms with van der Waals surface area (Å²) in [4.78, 5) is 14.5. The highest BCUT2D eigenvalue weighted by Gasteiger charge is 2.33. The standard InChI is InChI=1S/C16H23N3O2/c1-21-14-4-2-3-13(9-14)18-16(20)10-17-15-11-19-7-5-12(15)6-8-19/h2-4,9,12,15,17H,5-8,10-11H2,1H3,(H,18,20). The summed E-state index contributed by atoms with van der Waals surface area (Å²) >= 11 is 0. The maximum atomic E-state index is 12.0. The van der Waals surface area contributed by atoms with E-state index in [4.69, 9.17) is 4.74 Å². The third kappa shape index (κ3) is 3.54. The van der Waals surface area contributed by atoms with Crippen molar-refractivity contribution in [2.24, 2.45) is 5.92 Å². The van der Waals surface area contributed by atoms with Gasteiger partial charge in [-0.05, 0) is 44.0 Å². The third-order valence-corrected chi connectivity index (χ3v) is 4.53. The summed E-state index contributed by atoms with van der Waals surface area (Å²) in [6.45, 7) is 3.89. The van der Waals surface area contributed by atoms with Crippen molar-refractivity contribution in [1.29, 1.82) is 0 Å². The number of nitrogens with zero attached hydrogens (tertiary/aromatic N) is 1. The zero-order chi connectivity index (χ0) is 14.7. The highest BCUT2D eigenvalue weighted by Crippen LogP contribution is 2.27. The Morgan fingerprint density at radius 1 is 1.38 bits per heavy atom. The van der Waals surface area contributed by atoms with E-state index in [1.54, 1.807) is 7.11 Å². The Morgan fingerprint density at radius 3 is 2.86 bits per heavy atom. The van der Waals surface area contributed by atoms with E-state index in [0.717, 1.165) is 23.9 Å². The first-order valence-electron chi connectivity index (χ1n) is 7.64. The van der Waals surface area contributed by atoms with Crippen molar-refractivity contribution >= 4 is 11.6 Å². The molecule has 1 amide bonds. The quantitative estimate of drug-likeness (QED) is 0.858. The first kappa shape index (κ1) is 14.4. The average molecular weight is 289 g/mol. The molecule has 2 N–H and O–H groups in total. The number of hydrogen-bond donors (Lipinski definition) is 2. The molecule has 3 heterocycles. The number of fused-ring (bicyclic) bond motifs is 3. The largest absolute Gasteiger partial charge is 0.497 e. The van der Waals surface area contributed by atoms with Crippen molar-refractivity contribution in [3.05, 3.63) is 24.3 Å². The number of ether oxygens (including phenoxy) is 1. The molecule has 3 aliphatic rings. The summed E-state index contributed by atoms with van der Waals surface area (Å²) in [5, 5.41) is 6.32. The molecule has 0 spiro atoms. The van der Waals surface area contributed by atoms with Crippen LogP contribution in [0, 0.1) is 5.92 Å². The van der Waals surface area contributed by atoms with Crippen LogP contribution < -0.4 is 15.4 Å². The van der Waals surface area contributed by atoms with Crippen molar-refractivity contribution in [3.63, 3.8) is 0 Å². The Bertz CT molecular complexity index is 498. The molecule has 1 aromatic rings. The van der Waals surface area contributed by atoms with Gasteiger partial charge in [0, 0.05) is 24.3 Å². The summed E-state index contributed by atoms with van der Waals surface area (Å²) in [6, 6.07) is 7.89. The van der Waals surface area contributed by atoms with Crippen LogP contribution in [0.15, 0.2) is 24.3 Å². The van der Waals surface area contributed by atoms with Crippen LogP contribution in [0.3, 0.4) is 0 Å². The highest BCUT2D eigenvalue weighted by molar-refractivity contribution is 5.92. The number of piperidine rings is 3. The molecular formula is C16H23N3O2. The second-order valence-corrected chi connectivity index (χ2v) is 5.91. The Hall–Kier alpha value is -1.59. The summed E-state index contributed by atoms with van der Waals surface area (Å²) < 4.78 is 5.15. The van der Waals surface area contributed by atoms with E-state index in [-0.39, 0.29) is 5.91 Å². The van der Waals surface area contributed by atoms with Crippen molar-refractivity contribution in [2.75, 3.05) is 38.6 Å². The third-order valence-electron chi connectivity index (χ3n) is 4.53. The number of rotatable bonds is 5. The minimum Gasteiger partial charge on any atom is -0.497 e. The van der Waals surface area contributed by atoms with Gasteiger partial charge >= 0.3 is 0 Å². The molecule has 2 bridgehead atoms. The van der Waals surface area contributed by atoms with E-state index >= 15 is 0 Å². The fraction of sp³-hybridized carbons (Fsp3) is 0.562. The highest BCUT2D eigenvalue weighted by atomic mass is 16.5. The molecule has 3 saturated heterocycles. The Kier molecular flexibility index (Phi) is 4.41. The molecule has 0 aromatic heterocycles. The van der Waals surface area contributed by atoms with Gasteiger partial charge in [-0.2, -0.15) is 0 Å². The molecule has 3 aliphatic heterocycles. The molecule has 5 nitrogen and oxygen atoms in total. The zero-order valence-corrected chi connectivity index (χ0v) is 12.5. The molecule has 0 aliphatic carbocycles. The van der Waals surface area contributed by atoms with Gasteiger partial charge in [0.15, 0.2) is 0 Å². The molecule has 1 unspecified atom stereocenters. The van der Waals surface area contributed by atoms with E-state index < -0.39 is 0 Å². The zero-order valence-electron chi connectivity index (χ0n) is 12.5. The van der Waals surface area contributed by atoms with Gasteiger partial charge < -0.3 is 20.3 Å². The van der Waals surface area contributed by atoms with E-state index in [0.29, 0.717) is 12.6 Å². The second-order valence-electron chi connectivity index (χ2n) is 5.91. The smallest absolute Gasteiger partial charge is 0.238 e. The lowest BCUT2D eigenvalue weighted by Gasteiger charge is -2.45.